The van der Waals surface area contributed by atoms with Gasteiger partial charge in [-0.15, -0.1) is 11.6 Å². The molecule has 0 saturated heterocycles. The van der Waals surface area contributed by atoms with E-state index in [0.29, 0.717) is 11.3 Å². The fraction of sp³-hybridized carbons (Fsp3) is 0.625. The maximum absolute atomic E-state index is 6.55. The second-order valence-corrected chi connectivity index (χ2v) is 7.01. The Kier molecular flexibility index (Phi) is 3.54. The predicted octanol–water partition coefficient (Wildman–Crippen LogP) is 5.21. The van der Waals surface area contributed by atoms with E-state index in [-0.39, 0.29) is 5.38 Å². The SMILES string of the molecule is CC(C)Cc1ccc(C(Cl)C2CC2(C)C)cc1. The molecule has 0 radical (unpaired) electrons. The van der Waals surface area contributed by atoms with Gasteiger partial charge >= 0.3 is 0 Å². The second kappa shape index (κ2) is 4.65. The number of hydrogen-bond acceptors (Lipinski definition) is 0. The molecule has 0 nitrogen and oxygen atoms in total. The molecule has 1 saturated carbocycles. The molecule has 0 aromatic heterocycles. The molecule has 1 aromatic rings. The van der Waals surface area contributed by atoms with E-state index in [4.69, 9.17) is 11.6 Å². The minimum atomic E-state index is 0.193. The Hall–Kier alpha value is -0.490. The molecule has 1 fully saturated rings. The molecule has 1 aromatic carbocycles. The Balaban J connectivity index is 2.03. The van der Waals surface area contributed by atoms with Gasteiger partial charge in [-0.05, 0) is 41.2 Å². The molecule has 2 unspecified atom stereocenters. The number of hydrogen-bond donors (Lipinski definition) is 0. The first-order chi connectivity index (χ1) is 7.90. The number of rotatable bonds is 4. The van der Waals surface area contributed by atoms with Gasteiger partial charge in [0, 0.05) is 0 Å². The van der Waals surface area contributed by atoms with E-state index in [1.807, 2.05) is 0 Å². The predicted molar refractivity (Wildman–Crippen MR) is 75.5 cm³/mol. The molecule has 94 valence electrons. The van der Waals surface area contributed by atoms with Crippen LogP contribution in [0.4, 0.5) is 0 Å². The van der Waals surface area contributed by atoms with E-state index in [1.165, 1.54) is 17.5 Å². The van der Waals surface area contributed by atoms with Crippen molar-refractivity contribution in [3.8, 4) is 0 Å². The van der Waals surface area contributed by atoms with Gasteiger partial charge in [0.05, 0.1) is 5.38 Å². The van der Waals surface area contributed by atoms with E-state index < -0.39 is 0 Å². The van der Waals surface area contributed by atoms with Crippen LogP contribution in [0.1, 0.15) is 50.6 Å². The van der Waals surface area contributed by atoms with Gasteiger partial charge < -0.3 is 0 Å². The zero-order valence-electron chi connectivity index (χ0n) is 11.3. The molecule has 0 amide bonds. The van der Waals surface area contributed by atoms with Crippen molar-refractivity contribution in [3.05, 3.63) is 35.4 Å². The number of halogens is 1. The maximum atomic E-state index is 6.55. The average Bonchev–Trinajstić information content (AvgIpc) is 2.87. The highest BCUT2D eigenvalue weighted by atomic mass is 35.5. The molecule has 0 heterocycles. The molecule has 0 bridgehead atoms. The van der Waals surface area contributed by atoms with Crippen LogP contribution in [0.5, 0.6) is 0 Å². The van der Waals surface area contributed by atoms with Crippen molar-refractivity contribution in [1.29, 1.82) is 0 Å². The Morgan fingerprint density at radius 1 is 1.24 bits per heavy atom. The highest BCUT2D eigenvalue weighted by Crippen LogP contribution is 2.59. The summed E-state index contributed by atoms with van der Waals surface area (Å²) in [6, 6.07) is 8.90. The van der Waals surface area contributed by atoms with Crippen LogP contribution >= 0.6 is 11.6 Å². The highest BCUT2D eigenvalue weighted by Gasteiger charge is 2.49. The summed E-state index contributed by atoms with van der Waals surface area (Å²) in [4.78, 5) is 0. The van der Waals surface area contributed by atoms with Gasteiger partial charge in [-0.3, -0.25) is 0 Å². The molecule has 2 atom stereocenters. The molecule has 0 spiro atoms. The van der Waals surface area contributed by atoms with Crippen molar-refractivity contribution < 1.29 is 0 Å². The molecule has 1 aliphatic carbocycles. The van der Waals surface area contributed by atoms with E-state index >= 15 is 0 Å². The summed E-state index contributed by atoms with van der Waals surface area (Å²) in [6.45, 7) is 9.12. The molecule has 1 aliphatic rings. The second-order valence-electron chi connectivity index (χ2n) is 6.54. The minimum Gasteiger partial charge on any atom is -0.117 e. The normalized spacial score (nSPS) is 23.8. The van der Waals surface area contributed by atoms with Crippen LogP contribution in [-0.4, -0.2) is 0 Å². The van der Waals surface area contributed by atoms with Crippen LogP contribution in [0.3, 0.4) is 0 Å². The lowest BCUT2D eigenvalue weighted by molar-refractivity contribution is 0.548. The third-order valence-electron chi connectivity index (χ3n) is 3.89. The minimum absolute atomic E-state index is 0.193. The molecule has 1 heteroatoms. The number of alkyl halides is 1. The van der Waals surface area contributed by atoms with Crippen molar-refractivity contribution in [3.63, 3.8) is 0 Å². The van der Waals surface area contributed by atoms with Crippen LogP contribution in [-0.2, 0) is 6.42 Å². The zero-order valence-corrected chi connectivity index (χ0v) is 12.1. The maximum Gasteiger partial charge on any atom is 0.0618 e. The van der Waals surface area contributed by atoms with Gasteiger partial charge in [-0.2, -0.15) is 0 Å². The Morgan fingerprint density at radius 3 is 2.18 bits per heavy atom. The average molecular weight is 251 g/mol. The summed E-state index contributed by atoms with van der Waals surface area (Å²) in [5.41, 5.74) is 3.15. The summed E-state index contributed by atoms with van der Waals surface area (Å²) in [5, 5.41) is 0.193. The van der Waals surface area contributed by atoms with E-state index in [0.717, 1.165) is 12.3 Å². The lowest BCUT2D eigenvalue weighted by Crippen LogP contribution is -2.00. The van der Waals surface area contributed by atoms with Crippen molar-refractivity contribution in [2.45, 2.75) is 45.9 Å². The third kappa shape index (κ3) is 3.04. The fourth-order valence-corrected chi connectivity index (χ4v) is 3.12. The lowest BCUT2D eigenvalue weighted by atomic mass is 9.98. The summed E-state index contributed by atoms with van der Waals surface area (Å²) < 4.78 is 0. The first-order valence-electron chi connectivity index (χ1n) is 6.63. The molecule has 17 heavy (non-hydrogen) atoms. The topological polar surface area (TPSA) is 0 Å². The van der Waals surface area contributed by atoms with Crippen molar-refractivity contribution in [1.82, 2.24) is 0 Å². The molecule has 0 aliphatic heterocycles. The molecule has 0 N–H and O–H groups in total. The van der Waals surface area contributed by atoms with E-state index in [9.17, 15) is 0 Å². The lowest BCUT2D eigenvalue weighted by Gasteiger charge is -2.13. The fourth-order valence-electron chi connectivity index (χ4n) is 2.55. The summed E-state index contributed by atoms with van der Waals surface area (Å²) in [7, 11) is 0. The van der Waals surface area contributed by atoms with Gasteiger partial charge in [-0.25, -0.2) is 0 Å². The standard InChI is InChI=1S/C16H23Cl/c1-11(2)9-12-5-7-13(8-6-12)15(17)14-10-16(14,3)4/h5-8,11,14-15H,9-10H2,1-4H3. The first kappa shape index (κ1) is 13.0. The Morgan fingerprint density at radius 2 is 1.76 bits per heavy atom. The Labute approximate surface area is 110 Å². The molecular formula is C16H23Cl. The highest BCUT2D eigenvalue weighted by molar-refractivity contribution is 6.21. The van der Waals surface area contributed by atoms with Crippen molar-refractivity contribution in [2.24, 2.45) is 17.3 Å². The van der Waals surface area contributed by atoms with Gasteiger partial charge in [-0.1, -0.05) is 52.0 Å². The first-order valence-corrected chi connectivity index (χ1v) is 7.07. The van der Waals surface area contributed by atoms with Crippen molar-refractivity contribution >= 4 is 11.6 Å². The summed E-state index contributed by atoms with van der Waals surface area (Å²) in [5.74, 6) is 1.37. The summed E-state index contributed by atoms with van der Waals surface area (Å²) >= 11 is 6.55. The van der Waals surface area contributed by atoms with E-state index in [1.54, 1.807) is 0 Å². The van der Waals surface area contributed by atoms with Gasteiger partial charge in [0.25, 0.3) is 0 Å². The van der Waals surface area contributed by atoms with Crippen LogP contribution in [0.25, 0.3) is 0 Å². The van der Waals surface area contributed by atoms with Gasteiger partial charge in [0.1, 0.15) is 0 Å². The van der Waals surface area contributed by atoms with Gasteiger partial charge in [0.2, 0.25) is 0 Å². The molecular weight excluding hydrogens is 228 g/mol. The third-order valence-corrected chi connectivity index (χ3v) is 4.44. The monoisotopic (exact) mass is 250 g/mol. The van der Waals surface area contributed by atoms with Crippen LogP contribution in [0.15, 0.2) is 24.3 Å². The zero-order chi connectivity index (χ0) is 12.6. The Bertz CT molecular complexity index is 375. The largest absolute Gasteiger partial charge is 0.117 e. The van der Waals surface area contributed by atoms with Crippen LogP contribution in [0.2, 0.25) is 0 Å². The van der Waals surface area contributed by atoms with Gasteiger partial charge in [0.15, 0.2) is 0 Å². The van der Waals surface area contributed by atoms with Crippen molar-refractivity contribution in [2.75, 3.05) is 0 Å². The van der Waals surface area contributed by atoms with Crippen LogP contribution in [0, 0.1) is 17.3 Å². The smallest absolute Gasteiger partial charge is 0.0618 e. The number of benzene rings is 1. The summed E-state index contributed by atoms with van der Waals surface area (Å²) in [6.07, 6.45) is 2.41. The molecule has 2 rings (SSSR count). The quantitative estimate of drug-likeness (QED) is 0.644. The van der Waals surface area contributed by atoms with E-state index in [2.05, 4.69) is 52.0 Å². The van der Waals surface area contributed by atoms with Crippen LogP contribution < -0.4 is 0 Å².